The van der Waals surface area contributed by atoms with E-state index in [1.807, 2.05) is 22.4 Å². The number of piperidine rings is 1. The standard InChI is InChI=1S/C19H24N4O3S/c24-18(14-5-1-7-20-14)21-11-13-4-2-8-23(12-13)19(25)15-10-16(26-22-15)17-6-3-9-27-17/h3,6,9-10,13-14,20H,1-2,4-5,7-8,11-12H2,(H,21,24). The Balaban J connectivity index is 1.32. The molecule has 2 atom stereocenters. The van der Waals surface area contributed by atoms with Gasteiger partial charge in [-0.05, 0) is 49.6 Å². The Labute approximate surface area is 162 Å². The molecule has 0 radical (unpaired) electrons. The molecule has 2 aromatic rings. The second kappa shape index (κ2) is 8.22. The van der Waals surface area contributed by atoms with Gasteiger partial charge in [-0.3, -0.25) is 9.59 Å². The second-order valence-electron chi connectivity index (χ2n) is 7.21. The third kappa shape index (κ3) is 4.22. The van der Waals surface area contributed by atoms with Gasteiger partial charge in [-0.1, -0.05) is 11.2 Å². The van der Waals surface area contributed by atoms with Crippen LogP contribution in [0.2, 0.25) is 0 Å². The number of aromatic nitrogens is 1. The quantitative estimate of drug-likeness (QED) is 0.819. The number of hydrogen-bond donors (Lipinski definition) is 2. The highest BCUT2D eigenvalue weighted by Crippen LogP contribution is 2.26. The van der Waals surface area contributed by atoms with E-state index in [1.54, 1.807) is 17.4 Å². The molecule has 8 heteroatoms. The van der Waals surface area contributed by atoms with Gasteiger partial charge in [0, 0.05) is 25.7 Å². The summed E-state index contributed by atoms with van der Waals surface area (Å²) >= 11 is 1.55. The molecule has 2 aliphatic heterocycles. The summed E-state index contributed by atoms with van der Waals surface area (Å²) in [4.78, 5) is 27.7. The van der Waals surface area contributed by atoms with Gasteiger partial charge in [0.25, 0.3) is 5.91 Å². The van der Waals surface area contributed by atoms with Crippen LogP contribution in [0.3, 0.4) is 0 Å². The summed E-state index contributed by atoms with van der Waals surface area (Å²) in [5.74, 6) is 0.873. The highest BCUT2D eigenvalue weighted by Gasteiger charge is 2.28. The molecule has 2 N–H and O–H groups in total. The average Bonchev–Trinajstić information content (AvgIpc) is 3.46. The normalized spacial score (nSPS) is 22.7. The number of carbonyl (C=O) groups is 2. The van der Waals surface area contributed by atoms with Crippen LogP contribution in [-0.2, 0) is 4.79 Å². The number of thiophene rings is 1. The summed E-state index contributed by atoms with van der Waals surface area (Å²) in [7, 11) is 0. The van der Waals surface area contributed by atoms with Gasteiger partial charge in [0.1, 0.15) is 0 Å². The van der Waals surface area contributed by atoms with Crippen LogP contribution in [0.1, 0.15) is 36.2 Å². The van der Waals surface area contributed by atoms with Gasteiger partial charge >= 0.3 is 0 Å². The van der Waals surface area contributed by atoms with Gasteiger partial charge in [0.15, 0.2) is 11.5 Å². The summed E-state index contributed by atoms with van der Waals surface area (Å²) in [6, 6.07) is 5.54. The maximum absolute atomic E-state index is 12.8. The van der Waals surface area contributed by atoms with Gasteiger partial charge in [0.2, 0.25) is 5.91 Å². The maximum Gasteiger partial charge on any atom is 0.276 e. The monoisotopic (exact) mass is 388 g/mol. The molecule has 0 bridgehead atoms. The third-order valence-corrected chi connectivity index (χ3v) is 6.13. The minimum atomic E-state index is -0.102. The highest BCUT2D eigenvalue weighted by atomic mass is 32.1. The fraction of sp³-hybridized carbons (Fsp3) is 0.526. The van der Waals surface area contributed by atoms with Crippen LogP contribution in [0, 0.1) is 5.92 Å². The van der Waals surface area contributed by atoms with Crippen LogP contribution < -0.4 is 10.6 Å². The lowest BCUT2D eigenvalue weighted by atomic mass is 9.97. The summed E-state index contributed by atoms with van der Waals surface area (Å²) in [6.45, 7) is 2.88. The zero-order chi connectivity index (χ0) is 18.6. The largest absolute Gasteiger partial charge is 0.355 e. The van der Waals surface area contributed by atoms with E-state index >= 15 is 0 Å². The second-order valence-corrected chi connectivity index (χ2v) is 8.15. The van der Waals surface area contributed by atoms with Crippen molar-refractivity contribution in [3.05, 3.63) is 29.3 Å². The van der Waals surface area contributed by atoms with E-state index in [1.165, 1.54) is 0 Å². The minimum Gasteiger partial charge on any atom is -0.355 e. The van der Waals surface area contributed by atoms with Crippen molar-refractivity contribution in [2.75, 3.05) is 26.2 Å². The zero-order valence-corrected chi connectivity index (χ0v) is 16.0. The molecular formula is C19H24N4O3S. The molecule has 4 rings (SSSR count). The van der Waals surface area contributed by atoms with E-state index in [2.05, 4.69) is 15.8 Å². The first-order valence-corrected chi connectivity index (χ1v) is 10.4. The molecular weight excluding hydrogens is 364 g/mol. The summed E-state index contributed by atoms with van der Waals surface area (Å²) < 4.78 is 5.33. The number of amides is 2. The Morgan fingerprint density at radius 3 is 3.07 bits per heavy atom. The van der Waals surface area contributed by atoms with Crippen LogP contribution in [0.25, 0.3) is 10.6 Å². The fourth-order valence-electron chi connectivity index (χ4n) is 3.77. The number of nitrogens with zero attached hydrogens (tertiary/aromatic N) is 2. The Kier molecular flexibility index (Phi) is 5.54. The number of carbonyl (C=O) groups excluding carboxylic acids is 2. The Morgan fingerprint density at radius 2 is 2.30 bits per heavy atom. The van der Waals surface area contributed by atoms with Crippen molar-refractivity contribution < 1.29 is 14.1 Å². The smallest absolute Gasteiger partial charge is 0.276 e. The van der Waals surface area contributed by atoms with Crippen molar-refractivity contribution in [2.45, 2.75) is 31.7 Å². The van der Waals surface area contributed by atoms with Gasteiger partial charge in [-0.25, -0.2) is 0 Å². The fourth-order valence-corrected chi connectivity index (χ4v) is 4.44. The predicted octanol–water partition coefficient (Wildman–Crippen LogP) is 2.12. The zero-order valence-electron chi connectivity index (χ0n) is 15.1. The lowest BCUT2D eigenvalue weighted by Crippen LogP contribution is -2.46. The SMILES string of the molecule is O=C(NCC1CCCN(C(=O)c2cc(-c3cccs3)on2)C1)C1CCCN1. The van der Waals surface area contributed by atoms with Crippen molar-refractivity contribution in [3.63, 3.8) is 0 Å². The molecule has 0 saturated carbocycles. The Morgan fingerprint density at radius 1 is 1.37 bits per heavy atom. The van der Waals surface area contributed by atoms with Crippen LogP contribution in [-0.4, -0.2) is 54.1 Å². The lowest BCUT2D eigenvalue weighted by molar-refractivity contribution is -0.123. The first-order chi connectivity index (χ1) is 13.2. The molecule has 2 amide bonds. The number of likely N-dealkylation sites (tertiary alicyclic amines) is 1. The Bertz CT molecular complexity index is 783. The van der Waals surface area contributed by atoms with Crippen LogP contribution >= 0.6 is 11.3 Å². The molecule has 2 fully saturated rings. The van der Waals surface area contributed by atoms with E-state index in [0.29, 0.717) is 31.1 Å². The van der Waals surface area contributed by atoms with Crippen LogP contribution in [0.15, 0.2) is 28.1 Å². The summed E-state index contributed by atoms with van der Waals surface area (Å²) in [6.07, 6.45) is 3.90. The van der Waals surface area contributed by atoms with Gasteiger partial charge in [-0.15, -0.1) is 11.3 Å². The third-order valence-electron chi connectivity index (χ3n) is 5.24. The van der Waals surface area contributed by atoms with Gasteiger partial charge in [0.05, 0.1) is 10.9 Å². The van der Waals surface area contributed by atoms with Crippen molar-refractivity contribution in [1.29, 1.82) is 0 Å². The molecule has 2 unspecified atom stereocenters. The molecule has 2 aliphatic rings. The number of rotatable bonds is 5. The first kappa shape index (κ1) is 18.2. The number of nitrogens with one attached hydrogen (secondary N) is 2. The predicted molar refractivity (Wildman–Crippen MR) is 102 cm³/mol. The molecule has 2 aromatic heterocycles. The molecule has 0 spiro atoms. The minimum absolute atomic E-state index is 0.0582. The van der Waals surface area contributed by atoms with E-state index in [9.17, 15) is 9.59 Å². The van der Waals surface area contributed by atoms with E-state index in [-0.39, 0.29) is 23.8 Å². The maximum atomic E-state index is 12.8. The topological polar surface area (TPSA) is 87.5 Å². The molecule has 27 heavy (non-hydrogen) atoms. The van der Waals surface area contributed by atoms with Crippen LogP contribution in [0.5, 0.6) is 0 Å². The highest BCUT2D eigenvalue weighted by molar-refractivity contribution is 7.13. The summed E-state index contributed by atoms with van der Waals surface area (Å²) in [5.41, 5.74) is 0.346. The molecule has 0 aromatic carbocycles. The summed E-state index contributed by atoms with van der Waals surface area (Å²) in [5, 5.41) is 12.2. The number of hydrogen-bond acceptors (Lipinski definition) is 6. The van der Waals surface area contributed by atoms with Crippen molar-refractivity contribution >= 4 is 23.2 Å². The van der Waals surface area contributed by atoms with E-state index in [4.69, 9.17) is 4.52 Å². The van der Waals surface area contributed by atoms with E-state index in [0.717, 1.165) is 37.1 Å². The van der Waals surface area contributed by atoms with Crippen molar-refractivity contribution in [1.82, 2.24) is 20.7 Å². The first-order valence-electron chi connectivity index (χ1n) is 9.51. The molecule has 2 saturated heterocycles. The van der Waals surface area contributed by atoms with Gasteiger partial charge < -0.3 is 20.1 Å². The van der Waals surface area contributed by atoms with Crippen LogP contribution in [0.4, 0.5) is 0 Å². The van der Waals surface area contributed by atoms with Gasteiger partial charge in [-0.2, -0.15) is 0 Å². The van der Waals surface area contributed by atoms with Crippen molar-refractivity contribution in [2.24, 2.45) is 5.92 Å². The lowest BCUT2D eigenvalue weighted by Gasteiger charge is -2.32. The molecule has 7 nitrogen and oxygen atoms in total. The Hall–Kier alpha value is -2.19. The van der Waals surface area contributed by atoms with E-state index < -0.39 is 0 Å². The van der Waals surface area contributed by atoms with Crippen molar-refractivity contribution in [3.8, 4) is 10.6 Å². The molecule has 144 valence electrons. The average molecular weight is 388 g/mol. The molecule has 4 heterocycles. The molecule has 0 aliphatic carbocycles.